The zero-order valence-electron chi connectivity index (χ0n) is 17.9. The summed E-state index contributed by atoms with van der Waals surface area (Å²) in [5, 5.41) is 7.02. The predicted octanol–water partition coefficient (Wildman–Crippen LogP) is 3.69. The lowest BCUT2D eigenvalue weighted by Gasteiger charge is -2.12. The van der Waals surface area contributed by atoms with Crippen molar-refractivity contribution in [3.63, 3.8) is 0 Å². The number of aryl methyl sites for hydroxylation is 1. The minimum absolute atomic E-state index is 0.0465. The van der Waals surface area contributed by atoms with E-state index in [0.717, 1.165) is 21.2 Å². The van der Waals surface area contributed by atoms with Gasteiger partial charge in [-0.1, -0.05) is 48.4 Å². The summed E-state index contributed by atoms with van der Waals surface area (Å²) in [6.45, 7) is 1.55. The molecule has 0 aliphatic carbocycles. The highest BCUT2D eigenvalue weighted by Crippen LogP contribution is 2.31. The lowest BCUT2D eigenvalue weighted by molar-refractivity contribution is -0.127. The highest BCUT2D eigenvalue weighted by Gasteiger charge is 2.35. The monoisotopic (exact) mass is 439 g/mol. The van der Waals surface area contributed by atoms with E-state index in [2.05, 4.69) is 16.6 Å². The van der Waals surface area contributed by atoms with Crippen LogP contribution in [-0.4, -0.2) is 35.9 Å². The number of imide groups is 1. The molecule has 0 radical (unpaired) electrons. The second-order valence-electron chi connectivity index (χ2n) is 7.49. The Balaban J connectivity index is 1.59. The fourth-order valence-electron chi connectivity index (χ4n) is 3.60. The molecule has 33 heavy (non-hydrogen) atoms. The van der Waals surface area contributed by atoms with Crippen LogP contribution in [-0.2, 0) is 9.59 Å². The minimum Gasteiger partial charge on any atom is -0.480 e. The summed E-state index contributed by atoms with van der Waals surface area (Å²) in [6.07, 6.45) is 6.87. The summed E-state index contributed by atoms with van der Waals surface area (Å²) in [5.41, 5.74) is 2.23. The fourth-order valence-corrected chi connectivity index (χ4v) is 3.60. The maximum atomic E-state index is 12.9. The van der Waals surface area contributed by atoms with Crippen molar-refractivity contribution in [2.24, 2.45) is 0 Å². The molecule has 0 spiro atoms. The second kappa shape index (κ2) is 9.28. The van der Waals surface area contributed by atoms with Gasteiger partial charge in [0.1, 0.15) is 24.6 Å². The van der Waals surface area contributed by atoms with Gasteiger partial charge in [0.25, 0.3) is 5.91 Å². The summed E-state index contributed by atoms with van der Waals surface area (Å²) in [4.78, 5) is 38.7. The Morgan fingerprint density at radius 1 is 1.15 bits per heavy atom. The van der Waals surface area contributed by atoms with Crippen LogP contribution < -0.4 is 15.4 Å². The minimum atomic E-state index is -0.669. The number of nitrogens with zero attached hydrogens (tertiary/aromatic N) is 1. The van der Waals surface area contributed by atoms with E-state index in [4.69, 9.17) is 11.2 Å². The molecule has 3 aromatic rings. The second-order valence-corrected chi connectivity index (χ2v) is 7.49. The fraction of sp³-hybridized carbons (Fsp3) is 0.115. The van der Waals surface area contributed by atoms with Crippen molar-refractivity contribution in [3.8, 4) is 18.1 Å². The van der Waals surface area contributed by atoms with Crippen molar-refractivity contribution in [2.75, 3.05) is 18.5 Å². The first-order valence-corrected chi connectivity index (χ1v) is 10.3. The van der Waals surface area contributed by atoms with Gasteiger partial charge >= 0.3 is 6.03 Å². The van der Waals surface area contributed by atoms with Gasteiger partial charge in [0.2, 0.25) is 5.91 Å². The Hall–Kier alpha value is -4.57. The molecular weight excluding hydrogens is 418 g/mol. The molecule has 0 atom stereocenters. The Morgan fingerprint density at radius 2 is 1.97 bits per heavy atom. The number of fused-ring (bicyclic) bond motifs is 1. The molecule has 7 nitrogen and oxygen atoms in total. The van der Waals surface area contributed by atoms with E-state index < -0.39 is 24.4 Å². The first kappa shape index (κ1) is 21.7. The van der Waals surface area contributed by atoms with Crippen molar-refractivity contribution in [2.45, 2.75) is 6.92 Å². The molecule has 3 aromatic carbocycles. The van der Waals surface area contributed by atoms with Crippen LogP contribution in [0.25, 0.3) is 16.8 Å². The maximum absolute atomic E-state index is 12.9. The van der Waals surface area contributed by atoms with E-state index >= 15 is 0 Å². The zero-order valence-corrected chi connectivity index (χ0v) is 17.9. The molecule has 0 saturated carbocycles. The van der Waals surface area contributed by atoms with Crippen LogP contribution >= 0.6 is 0 Å². The Kier molecular flexibility index (Phi) is 6.09. The van der Waals surface area contributed by atoms with E-state index in [-0.39, 0.29) is 12.3 Å². The van der Waals surface area contributed by atoms with Crippen molar-refractivity contribution in [1.82, 2.24) is 10.2 Å². The lowest BCUT2D eigenvalue weighted by atomic mass is 10.0. The molecular formula is C26H21N3O4. The third kappa shape index (κ3) is 4.70. The molecule has 1 fully saturated rings. The number of benzene rings is 3. The molecule has 0 bridgehead atoms. The number of nitrogens with one attached hydrogen (secondary N) is 2. The number of carbonyl (C=O) groups is 3. The third-order valence-electron chi connectivity index (χ3n) is 5.10. The maximum Gasteiger partial charge on any atom is 0.329 e. The van der Waals surface area contributed by atoms with Crippen molar-refractivity contribution in [1.29, 1.82) is 0 Å². The number of rotatable bonds is 6. The van der Waals surface area contributed by atoms with Gasteiger partial charge in [-0.05, 0) is 47.5 Å². The highest BCUT2D eigenvalue weighted by atomic mass is 16.5. The average Bonchev–Trinajstić information content (AvgIpc) is 3.06. The molecule has 2 N–H and O–H groups in total. The van der Waals surface area contributed by atoms with Gasteiger partial charge in [-0.3, -0.25) is 9.59 Å². The lowest BCUT2D eigenvalue weighted by Crippen LogP contribution is -2.38. The van der Waals surface area contributed by atoms with Crippen LogP contribution in [0.2, 0.25) is 0 Å². The summed E-state index contributed by atoms with van der Waals surface area (Å²) in [7, 11) is 0. The van der Waals surface area contributed by atoms with Gasteiger partial charge in [-0.2, -0.15) is 0 Å². The predicted molar refractivity (Wildman–Crippen MR) is 126 cm³/mol. The van der Waals surface area contributed by atoms with E-state index in [0.29, 0.717) is 17.0 Å². The van der Waals surface area contributed by atoms with Gasteiger partial charge in [0, 0.05) is 11.3 Å². The first-order valence-electron chi connectivity index (χ1n) is 10.3. The average molecular weight is 439 g/mol. The van der Waals surface area contributed by atoms with Gasteiger partial charge in [-0.15, -0.1) is 6.42 Å². The SMILES string of the molecule is C#CCOc1ccc2ccccc2c1C=C1NC(=O)N(CC(=O)Nc2cccc(C)c2)C1=O. The van der Waals surface area contributed by atoms with Gasteiger partial charge in [0.15, 0.2) is 0 Å². The third-order valence-corrected chi connectivity index (χ3v) is 5.10. The van der Waals surface area contributed by atoms with Crippen LogP contribution in [0.1, 0.15) is 11.1 Å². The van der Waals surface area contributed by atoms with Gasteiger partial charge in [0.05, 0.1) is 0 Å². The molecule has 164 valence electrons. The van der Waals surface area contributed by atoms with E-state index in [1.54, 1.807) is 24.3 Å². The molecule has 1 saturated heterocycles. The van der Waals surface area contributed by atoms with E-state index in [9.17, 15) is 14.4 Å². The number of ether oxygens (including phenoxy) is 1. The van der Waals surface area contributed by atoms with Crippen molar-refractivity contribution in [3.05, 3.63) is 77.5 Å². The van der Waals surface area contributed by atoms with Gasteiger partial charge < -0.3 is 15.4 Å². The molecule has 4 rings (SSSR count). The Morgan fingerprint density at radius 3 is 2.76 bits per heavy atom. The standard InChI is InChI=1S/C26H21N3O4/c1-3-13-33-23-12-11-18-8-4-5-10-20(18)21(23)15-22-25(31)29(26(32)28-22)16-24(30)27-19-9-6-7-17(2)14-19/h1,4-12,14-15H,13,16H2,2H3,(H,27,30)(H,28,32). The summed E-state index contributed by atoms with van der Waals surface area (Å²) < 4.78 is 5.65. The molecule has 1 aliphatic heterocycles. The van der Waals surface area contributed by atoms with Crippen molar-refractivity contribution >= 4 is 40.4 Å². The topological polar surface area (TPSA) is 87.7 Å². The summed E-state index contributed by atoms with van der Waals surface area (Å²) >= 11 is 0. The van der Waals surface area contributed by atoms with Crippen LogP contribution in [0.3, 0.4) is 0 Å². The normalized spacial score (nSPS) is 14.3. The number of carbonyl (C=O) groups excluding carboxylic acids is 3. The Labute approximate surface area is 191 Å². The van der Waals surface area contributed by atoms with Crippen LogP contribution in [0, 0.1) is 19.3 Å². The molecule has 0 unspecified atom stereocenters. The molecule has 7 heteroatoms. The van der Waals surface area contributed by atoms with E-state index in [1.165, 1.54) is 0 Å². The highest BCUT2D eigenvalue weighted by molar-refractivity contribution is 6.16. The van der Waals surface area contributed by atoms with Crippen LogP contribution in [0.15, 0.2) is 66.4 Å². The number of amides is 4. The molecule has 1 aliphatic rings. The van der Waals surface area contributed by atoms with Crippen molar-refractivity contribution < 1.29 is 19.1 Å². The first-order chi connectivity index (χ1) is 16.0. The molecule has 1 heterocycles. The van der Waals surface area contributed by atoms with Crippen LogP contribution in [0.4, 0.5) is 10.5 Å². The molecule has 4 amide bonds. The largest absolute Gasteiger partial charge is 0.480 e. The van der Waals surface area contributed by atoms with Crippen LogP contribution in [0.5, 0.6) is 5.75 Å². The number of hydrogen-bond acceptors (Lipinski definition) is 4. The smallest absolute Gasteiger partial charge is 0.329 e. The zero-order chi connectivity index (χ0) is 23.4. The summed E-state index contributed by atoms with van der Waals surface area (Å²) in [6, 6.07) is 17.8. The Bertz CT molecular complexity index is 1340. The number of terminal acetylenes is 1. The quantitative estimate of drug-likeness (QED) is 0.348. The van der Waals surface area contributed by atoms with Gasteiger partial charge in [-0.25, -0.2) is 9.69 Å². The summed E-state index contributed by atoms with van der Waals surface area (Å²) in [5.74, 6) is 1.82. The number of hydrogen-bond donors (Lipinski definition) is 2. The van der Waals surface area contributed by atoms with E-state index in [1.807, 2.05) is 49.4 Å². The number of anilines is 1. The number of urea groups is 1. The molecule has 0 aromatic heterocycles.